The van der Waals surface area contributed by atoms with Crippen molar-refractivity contribution in [1.82, 2.24) is 4.90 Å². The zero-order valence-electron chi connectivity index (χ0n) is 10.6. The molecule has 0 radical (unpaired) electrons. The van der Waals surface area contributed by atoms with Crippen molar-refractivity contribution in [2.75, 3.05) is 32.5 Å². The van der Waals surface area contributed by atoms with E-state index >= 15 is 0 Å². The normalized spacial score (nSPS) is 20.4. The number of carboxylic acid groups (broad SMARTS) is 1. The van der Waals surface area contributed by atoms with E-state index < -0.39 is 5.97 Å². The van der Waals surface area contributed by atoms with Crippen LogP contribution in [0.15, 0.2) is 27.6 Å². The minimum atomic E-state index is -0.892. The minimum absolute atomic E-state index is 0.157. The zero-order valence-corrected chi connectivity index (χ0v) is 13.0. The Morgan fingerprint density at radius 1 is 1.63 bits per heavy atom. The van der Waals surface area contributed by atoms with Crippen LogP contribution in [0.25, 0.3) is 0 Å². The van der Waals surface area contributed by atoms with E-state index in [1.165, 1.54) is 11.8 Å². The van der Waals surface area contributed by atoms with Gasteiger partial charge in [0.25, 0.3) is 0 Å². The Hall–Kier alpha value is -0.560. The summed E-state index contributed by atoms with van der Waals surface area (Å²) in [5, 5.41) is 9.17. The highest BCUT2D eigenvalue weighted by molar-refractivity contribution is 9.10. The average molecular weight is 346 g/mol. The van der Waals surface area contributed by atoms with Crippen LogP contribution in [0, 0.1) is 0 Å². The summed E-state index contributed by atoms with van der Waals surface area (Å²) in [4.78, 5) is 14.2. The molecule has 0 amide bonds. The molecule has 0 aromatic heterocycles. The Morgan fingerprint density at radius 3 is 3.11 bits per heavy atom. The number of rotatable bonds is 4. The molecule has 1 saturated heterocycles. The van der Waals surface area contributed by atoms with Gasteiger partial charge in [-0.25, -0.2) is 4.79 Å². The molecule has 1 atom stereocenters. The fourth-order valence-electron chi connectivity index (χ4n) is 1.94. The van der Waals surface area contributed by atoms with E-state index in [9.17, 15) is 4.79 Å². The molecule has 1 aliphatic rings. The van der Waals surface area contributed by atoms with Gasteiger partial charge in [-0.2, -0.15) is 0 Å². The third-order valence-electron chi connectivity index (χ3n) is 2.94. The quantitative estimate of drug-likeness (QED) is 0.850. The number of carboxylic acids is 1. The van der Waals surface area contributed by atoms with Gasteiger partial charge in [-0.15, -0.1) is 11.8 Å². The van der Waals surface area contributed by atoms with Crippen molar-refractivity contribution >= 4 is 33.7 Å². The average Bonchev–Trinajstić information content (AvgIpc) is 2.36. The molecule has 0 aliphatic carbocycles. The van der Waals surface area contributed by atoms with Crippen molar-refractivity contribution in [3.63, 3.8) is 0 Å². The van der Waals surface area contributed by atoms with Gasteiger partial charge in [0.1, 0.15) is 0 Å². The number of morpholine rings is 1. The highest BCUT2D eigenvalue weighted by Gasteiger charge is 2.19. The van der Waals surface area contributed by atoms with Gasteiger partial charge in [0.15, 0.2) is 0 Å². The summed E-state index contributed by atoms with van der Waals surface area (Å²) in [5.41, 5.74) is 0.345. The number of ether oxygens (including phenoxy) is 1. The fourth-order valence-corrected chi connectivity index (χ4v) is 3.54. The molecule has 1 N–H and O–H groups in total. The molecule has 2 rings (SSSR count). The van der Waals surface area contributed by atoms with Crippen molar-refractivity contribution in [2.24, 2.45) is 0 Å². The van der Waals surface area contributed by atoms with Crippen LogP contribution in [0.4, 0.5) is 0 Å². The van der Waals surface area contributed by atoms with Crippen molar-refractivity contribution in [3.8, 4) is 0 Å². The Kier molecular flexibility index (Phi) is 5.27. The smallest absolute Gasteiger partial charge is 0.336 e. The SMILES string of the molecule is CN1CCOC(CSc2cc(Br)ccc2C(=O)O)C1. The maximum atomic E-state index is 11.2. The molecule has 0 saturated carbocycles. The Bertz CT molecular complexity index is 469. The second-order valence-corrected chi connectivity index (χ2v) is 6.49. The van der Waals surface area contributed by atoms with E-state index in [1.54, 1.807) is 12.1 Å². The van der Waals surface area contributed by atoms with E-state index in [0.29, 0.717) is 5.56 Å². The summed E-state index contributed by atoms with van der Waals surface area (Å²) < 4.78 is 6.57. The molecular formula is C13H16BrNO3S. The summed E-state index contributed by atoms with van der Waals surface area (Å²) in [6.07, 6.45) is 0.157. The number of likely N-dealkylation sites (N-methyl/N-ethyl adjacent to an activating group) is 1. The molecule has 19 heavy (non-hydrogen) atoms. The van der Waals surface area contributed by atoms with Crippen LogP contribution in [0.5, 0.6) is 0 Å². The van der Waals surface area contributed by atoms with Crippen LogP contribution in [0.3, 0.4) is 0 Å². The molecule has 1 fully saturated rings. The lowest BCUT2D eigenvalue weighted by Gasteiger charge is -2.29. The molecule has 0 bridgehead atoms. The van der Waals surface area contributed by atoms with Crippen LogP contribution >= 0.6 is 27.7 Å². The lowest BCUT2D eigenvalue weighted by molar-refractivity contribution is -0.00599. The van der Waals surface area contributed by atoms with Crippen LogP contribution in [0.1, 0.15) is 10.4 Å². The molecule has 4 nitrogen and oxygen atoms in total. The van der Waals surface area contributed by atoms with Crippen LogP contribution < -0.4 is 0 Å². The number of aromatic carboxylic acids is 1. The van der Waals surface area contributed by atoms with Gasteiger partial charge in [-0.1, -0.05) is 15.9 Å². The second-order valence-electron chi connectivity index (χ2n) is 4.51. The summed E-state index contributed by atoms with van der Waals surface area (Å²) in [5.74, 6) is -0.127. The Morgan fingerprint density at radius 2 is 2.42 bits per heavy atom. The van der Waals surface area contributed by atoms with E-state index in [-0.39, 0.29) is 6.10 Å². The first-order valence-electron chi connectivity index (χ1n) is 6.02. The Balaban J connectivity index is 2.02. The first kappa shape index (κ1) is 14.8. The summed E-state index contributed by atoms with van der Waals surface area (Å²) >= 11 is 4.91. The molecule has 1 aromatic carbocycles. The van der Waals surface area contributed by atoms with E-state index in [2.05, 4.69) is 27.9 Å². The topological polar surface area (TPSA) is 49.8 Å². The molecule has 0 spiro atoms. The number of hydrogen-bond acceptors (Lipinski definition) is 4. The van der Waals surface area contributed by atoms with Crippen LogP contribution in [0.2, 0.25) is 0 Å². The standard InChI is InChI=1S/C13H16BrNO3S/c1-15-4-5-18-10(7-15)8-19-12-6-9(14)2-3-11(12)13(16)17/h2-3,6,10H,4-5,7-8H2,1H3,(H,16,17). The Labute approximate surface area is 125 Å². The van der Waals surface area contributed by atoms with E-state index in [4.69, 9.17) is 9.84 Å². The van der Waals surface area contributed by atoms with Crippen LogP contribution in [-0.2, 0) is 4.74 Å². The molecule has 1 aliphatic heterocycles. The van der Waals surface area contributed by atoms with Gasteiger partial charge in [0.05, 0.1) is 18.3 Å². The molecule has 1 unspecified atom stereocenters. The van der Waals surface area contributed by atoms with Gasteiger partial charge in [0.2, 0.25) is 0 Å². The summed E-state index contributed by atoms with van der Waals surface area (Å²) in [6, 6.07) is 5.22. The molecule has 1 aromatic rings. The number of thioether (sulfide) groups is 1. The van der Waals surface area contributed by atoms with Gasteiger partial charge in [-0.3, -0.25) is 0 Å². The molecule has 104 valence electrons. The highest BCUT2D eigenvalue weighted by atomic mass is 79.9. The minimum Gasteiger partial charge on any atom is -0.478 e. The zero-order chi connectivity index (χ0) is 13.8. The highest BCUT2D eigenvalue weighted by Crippen LogP contribution is 2.28. The lowest BCUT2D eigenvalue weighted by Crippen LogP contribution is -2.41. The molecular weight excluding hydrogens is 330 g/mol. The lowest BCUT2D eigenvalue weighted by atomic mass is 10.2. The van der Waals surface area contributed by atoms with Gasteiger partial charge in [0, 0.05) is 28.2 Å². The van der Waals surface area contributed by atoms with Gasteiger partial charge < -0.3 is 14.7 Å². The van der Waals surface area contributed by atoms with Crippen molar-refractivity contribution in [3.05, 3.63) is 28.2 Å². The molecule has 6 heteroatoms. The number of nitrogens with zero attached hydrogens (tertiary/aromatic N) is 1. The van der Waals surface area contributed by atoms with Crippen molar-refractivity contribution in [1.29, 1.82) is 0 Å². The number of halogens is 1. The maximum absolute atomic E-state index is 11.2. The van der Waals surface area contributed by atoms with Crippen molar-refractivity contribution < 1.29 is 14.6 Å². The third kappa shape index (κ3) is 4.21. The maximum Gasteiger partial charge on any atom is 0.336 e. The number of hydrogen-bond donors (Lipinski definition) is 1. The van der Waals surface area contributed by atoms with E-state index in [1.807, 2.05) is 6.07 Å². The predicted octanol–water partition coefficient (Wildman–Crippen LogP) is 2.57. The first-order valence-corrected chi connectivity index (χ1v) is 7.80. The van der Waals surface area contributed by atoms with Crippen LogP contribution in [-0.4, -0.2) is 54.6 Å². The second kappa shape index (κ2) is 6.74. The summed E-state index contributed by atoms with van der Waals surface area (Å²) in [7, 11) is 2.07. The summed E-state index contributed by atoms with van der Waals surface area (Å²) in [6.45, 7) is 2.59. The van der Waals surface area contributed by atoms with Gasteiger partial charge >= 0.3 is 5.97 Å². The third-order valence-corrected chi connectivity index (χ3v) is 4.62. The number of carbonyl (C=O) groups is 1. The van der Waals surface area contributed by atoms with Crippen molar-refractivity contribution in [2.45, 2.75) is 11.0 Å². The number of benzene rings is 1. The van der Waals surface area contributed by atoms with E-state index in [0.717, 1.165) is 34.8 Å². The largest absolute Gasteiger partial charge is 0.478 e. The first-order chi connectivity index (χ1) is 9.06. The fraction of sp³-hybridized carbons (Fsp3) is 0.462. The predicted molar refractivity (Wildman–Crippen MR) is 79.1 cm³/mol. The monoisotopic (exact) mass is 345 g/mol. The van der Waals surface area contributed by atoms with Gasteiger partial charge in [-0.05, 0) is 25.2 Å². The molecule has 1 heterocycles.